The molecule has 1 rings (SSSR count). The maximum absolute atomic E-state index is 5.86. The molecule has 0 aliphatic carbocycles. The van der Waals surface area contributed by atoms with Gasteiger partial charge in [0.2, 0.25) is 0 Å². The van der Waals surface area contributed by atoms with E-state index in [4.69, 9.17) is 11.6 Å². The first-order valence-electron chi connectivity index (χ1n) is 4.12. The molecule has 0 unspecified atom stereocenters. The third-order valence-electron chi connectivity index (χ3n) is 1.49. The highest BCUT2D eigenvalue weighted by Gasteiger charge is 1.92. The Kier molecular flexibility index (Phi) is 3.71. The molecule has 1 nitrogen and oxygen atoms in total. The first kappa shape index (κ1) is 10.0. The highest BCUT2D eigenvalue weighted by Crippen LogP contribution is 2.13. The van der Waals surface area contributed by atoms with E-state index in [2.05, 4.69) is 18.8 Å². The van der Waals surface area contributed by atoms with Gasteiger partial charge in [-0.1, -0.05) is 41.5 Å². The molecule has 0 radical (unpaired) electrons. The molecule has 0 fully saturated rings. The lowest BCUT2D eigenvalue weighted by Crippen LogP contribution is -1.77. The third-order valence-corrected chi connectivity index (χ3v) is 1.81. The number of rotatable bonds is 2. The topological polar surface area (TPSA) is 12.9 Å². The minimum atomic E-state index is 0.543. The van der Waals surface area contributed by atoms with Crippen molar-refractivity contribution < 1.29 is 0 Å². The molecular formula is C11H12ClN. The van der Waals surface area contributed by atoms with Crippen LogP contribution in [0.15, 0.2) is 36.1 Å². The molecule has 0 atom stereocenters. The number of allylic oxidation sites excluding steroid dienone is 3. The number of pyridine rings is 1. The van der Waals surface area contributed by atoms with Crippen molar-refractivity contribution in [3.8, 4) is 0 Å². The van der Waals surface area contributed by atoms with Gasteiger partial charge in [0, 0.05) is 11.8 Å². The first-order chi connectivity index (χ1) is 6.20. The zero-order valence-corrected chi connectivity index (χ0v) is 8.55. The van der Waals surface area contributed by atoms with Crippen LogP contribution in [-0.4, -0.2) is 4.98 Å². The summed E-state index contributed by atoms with van der Waals surface area (Å²) < 4.78 is 0. The normalized spacial score (nSPS) is 10.4. The predicted molar refractivity (Wildman–Crippen MR) is 57.7 cm³/mol. The summed E-state index contributed by atoms with van der Waals surface area (Å²) in [5.41, 5.74) is 2.21. The summed E-state index contributed by atoms with van der Waals surface area (Å²) in [6, 6.07) is 3.80. The minimum absolute atomic E-state index is 0.543. The van der Waals surface area contributed by atoms with Crippen LogP contribution in [0.25, 0.3) is 6.08 Å². The van der Waals surface area contributed by atoms with Gasteiger partial charge in [-0.05, 0) is 19.9 Å². The molecule has 0 aliphatic heterocycles. The Morgan fingerprint density at radius 3 is 2.85 bits per heavy atom. The molecule has 0 saturated heterocycles. The van der Waals surface area contributed by atoms with E-state index >= 15 is 0 Å². The summed E-state index contributed by atoms with van der Waals surface area (Å²) in [6.45, 7) is 4.10. The Labute approximate surface area is 83.8 Å². The maximum Gasteiger partial charge on any atom is 0.136 e. The summed E-state index contributed by atoms with van der Waals surface area (Å²) in [5.74, 6) is 0. The zero-order chi connectivity index (χ0) is 9.68. The molecule has 68 valence electrons. The smallest absolute Gasteiger partial charge is 0.136 e. The molecule has 13 heavy (non-hydrogen) atoms. The van der Waals surface area contributed by atoms with E-state index in [-0.39, 0.29) is 0 Å². The second-order valence-electron chi connectivity index (χ2n) is 2.99. The van der Waals surface area contributed by atoms with Gasteiger partial charge in [-0.2, -0.15) is 0 Å². The number of nitrogens with zero attached hydrogens (tertiary/aromatic N) is 1. The molecule has 0 spiro atoms. The number of halogens is 1. The van der Waals surface area contributed by atoms with Crippen LogP contribution >= 0.6 is 11.6 Å². The van der Waals surface area contributed by atoms with Crippen LogP contribution in [0.1, 0.15) is 19.4 Å². The van der Waals surface area contributed by atoms with Gasteiger partial charge in [-0.3, -0.25) is 0 Å². The van der Waals surface area contributed by atoms with Crippen LogP contribution in [-0.2, 0) is 0 Å². The molecule has 0 amide bonds. The van der Waals surface area contributed by atoms with Crippen molar-refractivity contribution in [2.45, 2.75) is 13.8 Å². The third kappa shape index (κ3) is 3.43. The van der Waals surface area contributed by atoms with E-state index in [1.165, 1.54) is 5.57 Å². The molecule has 0 saturated carbocycles. The number of hydrogen-bond acceptors (Lipinski definition) is 1. The van der Waals surface area contributed by atoms with Crippen molar-refractivity contribution in [2.75, 3.05) is 0 Å². The van der Waals surface area contributed by atoms with Crippen LogP contribution in [0.3, 0.4) is 0 Å². The fourth-order valence-corrected chi connectivity index (χ4v) is 1.05. The summed E-state index contributed by atoms with van der Waals surface area (Å²) in [6.07, 6.45) is 7.63. The van der Waals surface area contributed by atoms with Gasteiger partial charge in [0.15, 0.2) is 0 Å². The highest BCUT2D eigenvalue weighted by molar-refractivity contribution is 6.30. The molecule has 0 bridgehead atoms. The lowest BCUT2D eigenvalue weighted by Gasteiger charge is -1.93. The summed E-state index contributed by atoms with van der Waals surface area (Å²) in [7, 11) is 0. The Morgan fingerprint density at radius 1 is 1.46 bits per heavy atom. The Hall–Kier alpha value is -1.08. The van der Waals surface area contributed by atoms with Crippen molar-refractivity contribution in [3.05, 3.63) is 46.8 Å². The average Bonchev–Trinajstić information content (AvgIpc) is 2.08. The van der Waals surface area contributed by atoms with Gasteiger partial charge in [-0.15, -0.1) is 0 Å². The van der Waals surface area contributed by atoms with Gasteiger partial charge >= 0.3 is 0 Å². The molecular weight excluding hydrogens is 182 g/mol. The van der Waals surface area contributed by atoms with E-state index in [1.807, 2.05) is 30.4 Å². The Bertz CT molecular complexity index is 336. The standard InChI is InChI=1S/C11H12ClN/c1-9(2)5-3-6-10-7-4-8-13-11(10)12/h3-8H,1-2H3/b6-3-. The molecule has 1 aromatic rings. The lowest BCUT2D eigenvalue weighted by atomic mass is 10.2. The zero-order valence-electron chi connectivity index (χ0n) is 7.79. The number of hydrogen-bond donors (Lipinski definition) is 0. The van der Waals surface area contributed by atoms with E-state index in [0.717, 1.165) is 5.56 Å². The molecule has 1 aromatic heterocycles. The highest BCUT2D eigenvalue weighted by atomic mass is 35.5. The van der Waals surface area contributed by atoms with E-state index < -0.39 is 0 Å². The van der Waals surface area contributed by atoms with Gasteiger partial charge in [0.1, 0.15) is 5.15 Å². The molecule has 2 heteroatoms. The molecule has 0 N–H and O–H groups in total. The van der Waals surface area contributed by atoms with Crippen LogP contribution in [0.2, 0.25) is 5.15 Å². The first-order valence-corrected chi connectivity index (χ1v) is 4.50. The van der Waals surface area contributed by atoms with Crippen LogP contribution in [0, 0.1) is 0 Å². The van der Waals surface area contributed by atoms with Crippen molar-refractivity contribution in [1.29, 1.82) is 0 Å². The SMILES string of the molecule is CC(C)=C/C=C\c1cccnc1Cl. The van der Waals surface area contributed by atoms with Crippen LogP contribution in [0.4, 0.5) is 0 Å². The van der Waals surface area contributed by atoms with E-state index in [1.54, 1.807) is 6.20 Å². The minimum Gasteiger partial charge on any atom is -0.244 e. The average molecular weight is 194 g/mol. The van der Waals surface area contributed by atoms with E-state index in [9.17, 15) is 0 Å². The van der Waals surface area contributed by atoms with Crippen LogP contribution < -0.4 is 0 Å². The van der Waals surface area contributed by atoms with Gasteiger partial charge in [0.25, 0.3) is 0 Å². The molecule has 0 aliphatic rings. The molecule has 0 aromatic carbocycles. The van der Waals surface area contributed by atoms with Gasteiger partial charge in [-0.25, -0.2) is 4.98 Å². The monoisotopic (exact) mass is 193 g/mol. The summed E-state index contributed by atoms with van der Waals surface area (Å²) in [5, 5.41) is 0.543. The fourth-order valence-electron chi connectivity index (χ4n) is 0.867. The van der Waals surface area contributed by atoms with Gasteiger partial charge in [0.05, 0.1) is 0 Å². The van der Waals surface area contributed by atoms with Crippen molar-refractivity contribution in [3.63, 3.8) is 0 Å². The summed E-state index contributed by atoms with van der Waals surface area (Å²) >= 11 is 5.86. The number of aromatic nitrogens is 1. The van der Waals surface area contributed by atoms with Crippen molar-refractivity contribution in [1.82, 2.24) is 4.98 Å². The maximum atomic E-state index is 5.86. The van der Waals surface area contributed by atoms with Gasteiger partial charge < -0.3 is 0 Å². The Morgan fingerprint density at radius 2 is 2.23 bits per heavy atom. The Balaban J connectivity index is 2.80. The largest absolute Gasteiger partial charge is 0.244 e. The fraction of sp³-hybridized carbons (Fsp3) is 0.182. The van der Waals surface area contributed by atoms with Crippen LogP contribution in [0.5, 0.6) is 0 Å². The second-order valence-corrected chi connectivity index (χ2v) is 3.34. The summed E-state index contributed by atoms with van der Waals surface area (Å²) in [4.78, 5) is 3.97. The second kappa shape index (κ2) is 4.83. The van der Waals surface area contributed by atoms with E-state index in [0.29, 0.717) is 5.15 Å². The van der Waals surface area contributed by atoms with Crippen molar-refractivity contribution in [2.24, 2.45) is 0 Å². The quantitative estimate of drug-likeness (QED) is 0.516. The predicted octanol–water partition coefficient (Wildman–Crippen LogP) is 3.71. The van der Waals surface area contributed by atoms with Crippen molar-refractivity contribution >= 4 is 17.7 Å². The molecule has 1 heterocycles. The lowest BCUT2D eigenvalue weighted by molar-refractivity contribution is 1.32.